The standard InChI is InChI=1S/C12H11BrF3NO/c1-17-10-3-2-7(13)6-9(10)8(4-5-18)11(17)12(14,15)16/h2-3,6,18H,4-5H2,1H3. The highest BCUT2D eigenvalue weighted by atomic mass is 79.9. The van der Waals surface area contributed by atoms with Gasteiger partial charge in [0.05, 0.1) is 0 Å². The lowest BCUT2D eigenvalue weighted by atomic mass is 10.1. The van der Waals surface area contributed by atoms with Crippen LogP contribution in [0.15, 0.2) is 22.7 Å². The number of aliphatic hydroxyl groups is 1. The zero-order chi connectivity index (χ0) is 13.5. The van der Waals surface area contributed by atoms with E-state index >= 15 is 0 Å². The molecule has 0 unspecified atom stereocenters. The molecule has 2 nitrogen and oxygen atoms in total. The molecule has 1 aromatic carbocycles. The molecule has 2 aromatic rings. The van der Waals surface area contributed by atoms with Crippen molar-refractivity contribution >= 4 is 26.8 Å². The van der Waals surface area contributed by atoms with Gasteiger partial charge in [-0.15, -0.1) is 0 Å². The highest BCUT2D eigenvalue weighted by molar-refractivity contribution is 9.10. The van der Waals surface area contributed by atoms with E-state index in [9.17, 15) is 13.2 Å². The van der Waals surface area contributed by atoms with Gasteiger partial charge in [0.2, 0.25) is 0 Å². The first-order chi connectivity index (χ1) is 8.36. The molecule has 0 fully saturated rings. The number of benzene rings is 1. The molecule has 98 valence electrons. The zero-order valence-corrected chi connectivity index (χ0v) is 11.1. The smallest absolute Gasteiger partial charge is 0.396 e. The number of aryl methyl sites for hydroxylation is 1. The number of aliphatic hydroxyl groups excluding tert-OH is 1. The van der Waals surface area contributed by atoms with E-state index in [1.807, 2.05) is 0 Å². The van der Waals surface area contributed by atoms with Crippen molar-refractivity contribution in [3.63, 3.8) is 0 Å². The molecule has 0 aliphatic carbocycles. The fourth-order valence-electron chi connectivity index (χ4n) is 2.22. The van der Waals surface area contributed by atoms with Gasteiger partial charge in [0.15, 0.2) is 0 Å². The van der Waals surface area contributed by atoms with E-state index in [-0.39, 0.29) is 18.6 Å². The summed E-state index contributed by atoms with van der Waals surface area (Å²) in [6.07, 6.45) is -4.44. The van der Waals surface area contributed by atoms with Crippen LogP contribution in [0.1, 0.15) is 11.3 Å². The van der Waals surface area contributed by atoms with Crippen molar-refractivity contribution in [2.45, 2.75) is 12.6 Å². The number of alkyl halides is 3. The summed E-state index contributed by atoms with van der Waals surface area (Å²) in [6.45, 7) is -0.311. The first-order valence-corrected chi connectivity index (χ1v) is 6.10. The third kappa shape index (κ3) is 2.14. The van der Waals surface area contributed by atoms with Gasteiger partial charge in [-0.05, 0) is 30.2 Å². The number of hydrogen-bond acceptors (Lipinski definition) is 1. The largest absolute Gasteiger partial charge is 0.431 e. The molecule has 0 radical (unpaired) electrons. The lowest BCUT2D eigenvalue weighted by Crippen LogP contribution is -2.14. The normalized spacial score (nSPS) is 12.3. The van der Waals surface area contributed by atoms with E-state index in [1.54, 1.807) is 18.2 Å². The SMILES string of the molecule is Cn1c(C(F)(F)F)c(CCO)c2cc(Br)ccc21. The maximum absolute atomic E-state index is 13.1. The van der Waals surface area contributed by atoms with Crippen LogP contribution in [0.5, 0.6) is 0 Å². The molecule has 0 aliphatic heterocycles. The second-order valence-corrected chi connectivity index (χ2v) is 4.93. The highest BCUT2D eigenvalue weighted by Gasteiger charge is 2.37. The topological polar surface area (TPSA) is 25.2 Å². The quantitative estimate of drug-likeness (QED) is 0.899. The van der Waals surface area contributed by atoms with Gasteiger partial charge in [0.25, 0.3) is 0 Å². The lowest BCUT2D eigenvalue weighted by molar-refractivity contribution is -0.143. The molecule has 18 heavy (non-hydrogen) atoms. The van der Waals surface area contributed by atoms with Gasteiger partial charge in [-0.1, -0.05) is 15.9 Å². The number of fused-ring (bicyclic) bond motifs is 1. The lowest BCUT2D eigenvalue weighted by Gasteiger charge is -2.10. The van der Waals surface area contributed by atoms with E-state index in [0.29, 0.717) is 15.4 Å². The summed E-state index contributed by atoms with van der Waals surface area (Å²) in [5.41, 5.74) is -0.0394. The Hall–Kier alpha value is -1.01. The Balaban J connectivity index is 2.83. The molecule has 0 amide bonds. The predicted octanol–water partition coefficient (Wildman–Crippen LogP) is 3.49. The Morgan fingerprint density at radius 3 is 2.56 bits per heavy atom. The minimum atomic E-state index is -4.43. The molecule has 1 N–H and O–H groups in total. The fourth-order valence-corrected chi connectivity index (χ4v) is 2.58. The Labute approximate surface area is 110 Å². The number of nitrogens with zero attached hydrogens (tertiary/aromatic N) is 1. The van der Waals surface area contributed by atoms with Gasteiger partial charge in [0, 0.05) is 29.0 Å². The van der Waals surface area contributed by atoms with Crippen molar-refractivity contribution < 1.29 is 18.3 Å². The van der Waals surface area contributed by atoms with Crippen LogP contribution >= 0.6 is 15.9 Å². The van der Waals surface area contributed by atoms with Gasteiger partial charge in [0.1, 0.15) is 5.69 Å². The second kappa shape index (κ2) is 4.59. The molecule has 0 atom stereocenters. The number of rotatable bonds is 2. The second-order valence-electron chi connectivity index (χ2n) is 4.02. The molecule has 1 heterocycles. The summed E-state index contributed by atoms with van der Waals surface area (Å²) in [5.74, 6) is 0. The average molecular weight is 322 g/mol. The summed E-state index contributed by atoms with van der Waals surface area (Å²) >= 11 is 3.25. The van der Waals surface area contributed by atoms with Crippen molar-refractivity contribution in [1.29, 1.82) is 0 Å². The fraction of sp³-hybridized carbons (Fsp3) is 0.333. The van der Waals surface area contributed by atoms with Crippen LogP contribution in [0, 0.1) is 0 Å². The van der Waals surface area contributed by atoms with E-state index in [4.69, 9.17) is 5.11 Å². The number of halogens is 4. The zero-order valence-electron chi connectivity index (χ0n) is 9.55. The van der Waals surface area contributed by atoms with Crippen LogP contribution in [0.3, 0.4) is 0 Å². The third-order valence-electron chi connectivity index (χ3n) is 2.90. The van der Waals surface area contributed by atoms with Crippen LogP contribution in [0.2, 0.25) is 0 Å². The van der Waals surface area contributed by atoms with Gasteiger partial charge in [-0.3, -0.25) is 0 Å². The molecule has 0 saturated carbocycles. The summed E-state index contributed by atoms with van der Waals surface area (Å²) in [4.78, 5) is 0. The maximum Gasteiger partial charge on any atom is 0.431 e. The minimum Gasteiger partial charge on any atom is -0.396 e. The molecule has 0 spiro atoms. The van der Waals surface area contributed by atoms with Crippen LogP contribution in [0.4, 0.5) is 13.2 Å². The van der Waals surface area contributed by atoms with Gasteiger partial charge in [-0.25, -0.2) is 0 Å². The molecular weight excluding hydrogens is 311 g/mol. The van der Waals surface area contributed by atoms with Crippen molar-refractivity contribution in [2.24, 2.45) is 7.05 Å². The highest BCUT2D eigenvalue weighted by Crippen LogP contribution is 2.38. The third-order valence-corrected chi connectivity index (χ3v) is 3.39. The summed E-state index contributed by atoms with van der Waals surface area (Å²) in [6, 6.07) is 4.98. The Bertz CT molecular complexity index is 589. The predicted molar refractivity (Wildman–Crippen MR) is 66.4 cm³/mol. The van der Waals surface area contributed by atoms with E-state index < -0.39 is 11.9 Å². The van der Waals surface area contributed by atoms with Crippen molar-refractivity contribution in [3.05, 3.63) is 33.9 Å². The number of aromatic nitrogens is 1. The maximum atomic E-state index is 13.1. The van der Waals surface area contributed by atoms with Crippen LogP contribution < -0.4 is 0 Å². The molecule has 0 aliphatic rings. The summed E-state index contributed by atoms with van der Waals surface area (Å²) in [7, 11) is 1.39. The minimum absolute atomic E-state index is 0.0113. The number of hydrogen-bond donors (Lipinski definition) is 1. The molecule has 2 rings (SSSR count). The Morgan fingerprint density at radius 2 is 2.00 bits per heavy atom. The van der Waals surface area contributed by atoms with Crippen LogP contribution in [-0.4, -0.2) is 16.3 Å². The van der Waals surface area contributed by atoms with Crippen LogP contribution in [-0.2, 0) is 19.6 Å². The molecule has 1 aromatic heterocycles. The van der Waals surface area contributed by atoms with Crippen molar-refractivity contribution in [2.75, 3.05) is 6.61 Å². The van der Waals surface area contributed by atoms with Gasteiger partial charge >= 0.3 is 6.18 Å². The molecule has 0 saturated heterocycles. The van der Waals surface area contributed by atoms with E-state index in [0.717, 1.165) is 4.57 Å². The molecule has 0 bridgehead atoms. The van der Waals surface area contributed by atoms with Gasteiger partial charge < -0.3 is 9.67 Å². The molecule has 6 heteroatoms. The van der Waals surface area contributed by atoms with Crippen LogP contribution in [0.25, 0.3) is 10.9 Å². The molecular formula is C12H11BrF3NO. The summed E-state index contributed by atoms with van der Waals surface area (Å²) < 4.78 is 41.0. The first-order valence-electron chi connectivity index (χ1n) is 5.31. The monoisotopic (exact) mass is 321 g/mol. The van der Waals surface area contributed by atoms with Gasteiger partial charge in [-0.2, -0.15) is 13.2 Å². The van der Waals surface area contributed by atoms with Crippen molar-refractivity contribution in [1.82, 2.24) is 4.57 Å². The van der Waals surface area contributed by atoms with Crippen molar-refractivity contribution in [3.8, 4) is 0 Å². The Morgan fingerprint density at radius 1 is 1.33 bits per heavy atom. The summed E-state index contributed by atoms with van der Waals surface area (Å²) in [5, 5.41) is 9.48. The van der Waals surface area contributed by atoms with E-state index in [1.165, 1.54) is 7.05 Å². The Kier molecular flexibility index (Phi) is 3.42. The first kappa shape index (κ1) is 13.4. The average Bonchev–Trinajstić information content (AvgIpc) is 2.52. The van der Waals surface area contributed by atoms with E-state index in [2.05, 4.69) is 15.9 Å².